The molecule has 1 rings (SSSR count). The fraction of sp³-hybridized carbons (Fsp3) is 0.364. The van der Waals surface area contributed by atoms with Crippen LogP contribution in [0.1, 0.15) is 11.1 Å². The molecule has 0 aromatic heterocycles. The molecule has 0 radical (unpaired) electrons. The van der Waals surface area contributed by atoms with Crippen molar-refractivity contribution in [2.45, 2.75) is 25.9 Å². The standard InChI is InChI=1S/C11H10F5NO/c1-6-3-4-8(5-7(6)2)17-9(18)10(12,13)11(14,15)16/h3-5H,1-2H3,(H,17,18). The fourth-order valence-corrected chi connectivity index (χ4v) is 1.16. The molecule has 0 aliphatic carbocycles. The van der Waals surface area contributed by atoms with Gasteiger partial charge in [0.1, 0.15) is 0 Å². The second-order valence-electron chi connectivity index (χ2n) is 3.83. The van der Waals surface area contributed by atoms with E-state index in [-0.39, 0.29) is 5.69 Å². The Labute approximate surface area is 99.8 Å². The number of nitrogens with one attached hydrogen (secondary N) is 1. The summed E-state index contributed by atoms with van der Waals surface area (Å²) in [5.41, 5.74) is 1.39. The van der Waals surface area contributed by atoms with Gasteiger partial charge in [0.05, 0.1) is 0 Å². The number of carbonyl (C=O) groups excluding carboxylic acids is 1. The minimum absolute atomic E-state index is 0.105. The summed E-state index contributed by atoms with van der Waals surface area (Å²) in [6, 6.07) is 4.09. The number of benzene rings is 1. The van der Waals surface area contributed by atoms with E-state index in [0.717, 1.165) is 5.56 Å². The molecule has 0 heterocycles. The number of amides is 1. The highest BCUT2D eigenvalue weighted by molar-refractivity contribution is 5.96. The van der Waals surface area contributed by atoms with Crippen molar-refractivity contribution in [3.63, 3.8) is 0 Å². The highest BCUT2D eigenvalue weighted by Crippen LogP contribution is 2.36. The van der Waals surface area contributed by atoms with Crippen molar-refractivity contribution in [1.82, 2.24) is 0 Å². The first-order valence-corrected chi connectivity index (χ1v) is 4.89. The number of halogens is 5. The quantitative estimate of drug-likeness (QED) is 0.817. The average molecular weight is 267 g/mol. The molecule has 0 saturated carbocycles. The number of alkyl halides is 5. The summed E-state index contributed by atoms with van der Waals surface area (Å²) in [5.74, 6) is -7.80. The first-order valence-electron chi connectivity index (χ1n) is 4.89. The van der Waals surface area contributed by atoms with Crippen molar-refractivity contribution in [1.29, 1.82) is 0 Å². The Morgan fingerprint density at radius 2 is 1.61 bits per heavy atom. The molecule has 1 N–H and O–H groups in total. The first kappa shape index (κ1) is 14.4. The summed E-state index contributed by atoms with van der Waals surface area (Å²) in [6.07, 6.45) is -5.91. The van der Waals surface area contributed by atoms with Gasteiger partial charge >= 0.3 is 18.0 Å². The third-order valence-electron chi connectivity index (χ3n) is 2.41. The topological polar surface area (TPSA) is 29.1 Å². The zero-order chi connectivity index (χ0) is 14.1. The molecular formula is C11H10F5NO. The second-order valence-corrected chi connectivity index (χ2v) is 3.83. The maximum absolute atomic E-state index is 12.7. The molecule has 18 heavy (non-hydrogen) atoms. The van der Waals surface area contributed by atoms with Gasteiger partial charge in [-0.1, -0.05) is 6.07 Å². The third-order valence-corrected chi connectivity index (χ3v) is 2.41. The molecule has 0 aliphatic rings. The first-order chi connectivity index (χ1) is 8.05. The number of anilines is 1. The van der Waals surface area contributed by atoms with Crippen LogP contribution in [0.2, 0.25) is 0 Å². The van der Waals surface area contributed by atoms with E-state index >= 15 is 0 Å². The lowest BCUT2D eigenvalue weighted by Crippen LogP contribution is -2.47. The summed E-state index contributed by atoms with van der Waals surface area (Å²) in [4.78, 5) is 10.9. The minimum Gasteiger partial charge on any atom is -0.321 e. The molecular weight excluding hydrogens is 257 g/mol. The van der Waals surface area contributed by atoms with Gasteiger partial charge in [-0.3, -0.25) is 4.79 Å². The lowest BCUT2D eigenvalue weighted by molar-refractivity contribution is -0.267. The van der Waals surface area contributed by atoms with Gasteiger partial charge in [0.15, 0.2) is 0 Å². The lowest BCUT2D eigenvalue weighted by Gasteiger charge is -2.18. The van der Waals surface area contributed by atoms with Gasteiger partial charge in [0, 0.05) is 5.69 Å². The van der Waals surface area contributed by atoms with E-state index in [1.54, 1.807) is 19.2 Å². The van der Waals surface area contributed by atoms with Crippen LogP contribution in [0.15, 0.2) is 18.2 Å². The Kier molecular flexibility index (Phi) is 3.64. The van der Waals surface area contributed by atoms with Gasteiger partial charge in [-0.05, 0) is 37.1 Å². The van der Waals surface area contributed by atoms with Gasteiger partial charge in [-0.15, -0.1) is 0 Å². The van der Waals surface area contributed by atoms with Gasteiger partial charge in [-0.2, -0.15) is 22.0 Å². The monoisotopic (exact) mass is 267 g/mol. The van der Waals surface area contributed by atoms with Gasteiger partial charge < -0.3 is 5.32 Å². The van der Waals surface area contributed by atoms with E-state index < -0.39 is 18.0 Å². The van der Waals surface area contributed by atoms with Crippen molar-refractivity contribution in [2.24, 2.45) is 0 Å². The molecule has 1 aromatic carbocycles. The van der Waals surface area contributed by atoms with Crippen LogP contribution in [0.25, 0.3) is 0 Å². The van der Waals surface area contributed by atoms with Crippen molar-refractivity contribution >= 4 is 11.6 Å². The van der Waals surface area contributed by atoms with Crippen LogP contribution in [0.5, 0.6) is 0 Å². The maximum atomic E-state index is 12.7. The molecule has 1 amide bonds. The van der Waals surface area contributed by atoms with Crippen LogP contribution in [0.3, 0.4) is 0 Å². The Hall–Kier alpha value is -1.66. The molecule has 100 valence electrons. The molecule has 0 atom stereocenters. The van der Waals surface area contributed by atoms with Gasteiger partial charge in [0.25, 0.3) is 0 Å². The minimum atomic E-state index is -5.91. The lowest BCUT2D eigenvalue weighted by atomic mass is 10.1. The molecule has 2 nitrogen and oxygen atoms in total. The fourth-order valence-electron chi connectivity index (χ4n) is 1.16. The van der Waals surface area contributed by atoms with Crippen molar-refractivity contribution in [2.75, 3.05) is 5.32 Å². The molecule has 0 spiro atoms. The number of aryl methyl sites for hydroxylation is 2. The summed E-state index contributed by atoms with van der Waals surface area (Å²) < 4.78 is 61.1. The van der Waals surface area contributed by atoms with Crippen LogP contribution in [0.4, 0.5) is 27.6 Å². The summed E-state index contributed by atoms with van der Waals surface area (Å²) in [5, 5.41) is 1.55. The third kappa shape index (κ3) is 2.77. The van der Waals surface area contributed by atoms with Crippen LogP contribution >= 0.6 is 0 Å². The zero-order valence-corrected chi connectivity index (χ0v) is 9.53. The smallest absolute Gasteiger partial charge is 0.321 e. The molecule has 0 bridgehead atoms. The van der Waals surface area contributed by atoms with E-state index in [9.17, 15) is 26.7 Å². The van der Waals surface area contributed by atoms with Crippen molar-refractivity contribution < 1.29 is 26.7 Å². The van der Waals surface area contributed by atoms with Crippen LogP contribution in [-0.4, -0.2) is 18.0 Å². The normalized spacial score (nSPS) is 12.4. The maximum Gasteiger partial charge on any atom is 0.463 e. The Balaban J connectivity index is 2.91. The molecule has 0 aliphatic heterocycles. The largest absolute Gasteiger partial charge is 0.463 e. The van der Waals surface area contributed by atoms with E-state index in [1.165, 1.54) is 18.2 Å². The van der Waals surface area contributed by atoms with E-state index in [2.05, 4.69) is 0 Å². The Morgan fingerprint density at radius 1 is 1.06 bits per heavy atom. The molecule has 0 unspecified atom stereocenters. The second kappa shape index (κ2) is 4.55. The van der Waals surface area contributed by atoms with Crippen LogP contribution < -0.4 is 5.32 Å². The summed E-state index contributed by atoms with van der Waals surface area (Å²) in [6.45, 7) is 3.39. The number of carbonyl (C=O) groups is 1. The van der Waals surface area contributed by atoms with Gasteiger partial charge in [-0.25, -0.2) is 0 Å². The zero-order valence-electron chi connectivity index (χ0n) is 9.53. The predicted molar refractivity (Wildman–Crippen MR) is 55.5 cm³/mol. The Bertz CT molecular complexity index is 467. The summed E-state index contributed by atoms with van der Waals surface area (Å²) >= 11 is 0. The van der Waals surface area contributed by atoms with Crippen LogP contribution in [0, 0.1) is 13.8 Å². The van der Waals surface area contributed by atoms with Crippen LogP contribution in [-0.2, 0) is 4.79 Å². The average Bonchev–Trinajstić information content (AvgIpc) is 2.21. The van der Waals surface area contributed by atoms with E-state index in [0.29, 0.717) is 5.56 Å². The van der Waals surface area contributed by atoms with Crippen molar-refractivity contribution in [3.05, 3.63) is 29.3 Å². The molecule has 1 aromatic rings. The summed E-state index contributed by atoms with van der Waals surface area (Å²) in [7, 11) is 0. The molecule has 7 heteroatoms. The van der Waals surface area contributed by atoms with Gasteiger partial charge in [0.2, 0.25) is 0 Å². The number of rotatable bonds is 2. The molecule has 0 saturated heterocycles. The van der Waals surface area contributed by atoms with E-state index in [4.69, 9.17) is 0 Å². The highest BCUT2D eigenvalue weighted by atomic mass is 19.4. The molecule has 0 fully saturated rings. The Morgan fingerprint density at radius 3 is 2.06 bits per heavy atom. The predicted octanol–water partition coefficient (Wildman–Crippen LogP) is 3.44. The van der Waals surface area contributed by atoms with Crippen molar-refractivity contribution in [3.8, 4) is 0 Å². The number of hydrogen-bond acceptors (Lipinski definition) is 1. The number of hydrogen-bond donors (Lipinski definition) is 1. The SMILES string of the molecule is Cc1ccc(NC(=O)C(F)(F)C(F)(F)F)cc1C. The highest BCUT2D eigenvalue weighted by Gasteiger charge is 2.63. The van der Waals surface area contributed by atoms with E-state index in [1.807, 2.05) is 0 Å².